The number of rotatable bonds is 1. The normalized spacial score (nSPS) is 20.4. The molecular formula is C13H15BrFNO. The predicted molar refractivity (Wildman–Crippen MR) is 68.4 cm³/mol. The van der Waals surface area contributed by atoms with Crippen LogP contribution >= 0.6 is 15.9 Å². The van der Waals surface area contributed by atoms with Crippen LogP contribution in [0.3, 0.4) is 0 Å². The van der Waals surface area contributed by atoms with Crippen molar-refractivity contribution >= 4 is 21.8 Å². The maximum absolute atomic E-state index is 13.2. The Kier molecular flexibility index (Phi) is 3.82. The minimum atomic E-state index is -0.374. The smallest absolute Gasteiger partial charge is 0.255 e. The Morgan fingerprint density at radius 1 is 1.53 bits per heavy atom. The number of piperidine rings is 1. The third-order valence-electron chi connectivity index (χ3n) is 3.10. The van der Waals surface area contributed by atoms with Crippen LogP contribution in [0.15, 0.2) is 22.7 Å². The molecule has 0 bridgehead atoms. The summed E-state index contributed by atoms with van der Waals surface area (Å²) in [5.41, 5.74) is 0.416. The molecule has 2 rings (SSSR count). The summed E-state index contributed by atoms with van der Waals surface area (Å²) >= 11 is 3.30. The Bertz CT molecular complexity index is 435. The second kappa shape index (κ2) is 5.17. The fourth-order valence-electron chi connectivity index (χ4n) is 2.21. The molecule has 17 heavy (non-hydrogen) atoms. The van der Waals surface area contributed by atoms with Crippen LogP contribution < -0.4 is 0 Å². The van der Waals surface area contributed by atoms with Gasteiger partial charge < -0.3 is 4.90 Å². The summed E-state index contributed by atoms with van der Waals surface area (Å²) in [5.74, 6) is 0.0737. The second-order valence-electron chi connectivity index (χ2n) is 4.62. The molecule has 0 aromatic heterocycles. The lowest BCUT2D eigenvalue weighted by molar-refractivity contribution is 0.0681. The maximum atomic E-state index is 13.2. The first-order chi connectivity index (χ1) is 8.08. The van der Waals surface area contributed by atoms with Gasteiger partial charge in [-0.15, -0.1) is 0 Å². The zero-order chi connectivity index (χ0) is 12.4. The molecule has 1 fully saturated rings. The number of amides is 1. The highest BCUT2D eigenvalue weighted by Crippen LogP contribution is 2.23. The maximum Gasteiger partial charge on any atom is 0.255 e. The molecule has 0 spiro atoms. The van der Waals surface area contributed by atoms with Gasteiger partial charge >= 0.3 is 0 Å². The average molecular weight is 300 g/mol. The zero-order valence-electron chi connectivity index (χ0n) is 9.75. The standard InChI is InChI=1S/C13H15BrFNO/c1-9-3-2-6-16(8-9)13(17)11-7-10(15)4-5-12(11)14/h4-5,7,9H,2-3,6,8H2,1H3. The van der Waals surface area contributed by atoms with Crippen LogP contribution in [0.4, 0.5) is 4.39 Å². The first kappa shape index (κ1) is 12.6. The van der Waals surface area contributed by atoms with Crippen molar-refractivity contribution in [3.8, 4) is 0 Å². The van der Waals surface area contributed by atoms with Crippen LogP contribution in [0.25, 0.3) is 0 Å². The monoisotopic (exact) mass is 299 g/mol. The van der Waals surface area contributed by atoms with Gasteiger partial charge in [0.15, 0.2) is 0 Å². The molecule has 1 amide bonds. The zero-order valence-corrected chi connectivity index (χ0v) is 11.3. The Morgan fingerprint density at radius 3 is 3.00 bits per heavy atom. The van der Waals surface area contributed by atoms with Gasteiger partial charge in [0.05, 0.1) is 5.56 Å². The van der Waals surface area contributed by atoms with Crippen molar-refractivity contribution in [2.75, 3.05) is 13.1 Å². The summed E-state index contributed by atoms with van der Waals surface area (Å²) in [7, 11) is 0. The fraction of sp³-hybridized carbons (Fsp3) is 0.462. The molecule has 0 radical (unpaired) electrons. The molecule has 1 aromatic carbocycles. The van der Waals surface area contributed by atoms with Gasteiger partial charge in [0.25, 0.3) is 5.91 Å². The van der Waals surface area contributed by atoms with Gasteiger partial charge in [-0.25, -0.2) is 4.39 Å². The van der Waals surface area contributed by atoms with E-state index in [-0.39, 0.29) is 11.7 Å². The number of likely N-dealkylation sites (tertiary alicyclic amines) is 1. The van der Waals surface area contributed by atoms with Gasteiger partial charge in [0.1, 0.15) is 5.82 Å². The first-order valence-electron chi connectivity index (χ1n) is 5.82. The number of hydrogen-bond acceptors (Lipinski definition) is 1. The van der Waals surface area contributed by atoms with E-state index in [2.05, 4.69) is 22.9 Å². The molecule has 1 atom stereocenters. The average Bonchev–Trinajstić information content (AvgIpc) is 2.31. The molecule has 1 saturated heterocycles. The van der Waals surface area contributed by atoms with E-state index in [1.165, 1.54) is 12.1 Å². The lowest BCUT2D eigenvalue weighted by Crippen LogP contribution is -2.39. The number of benzene rings is 1. The quantitative estimate of drug-likeness (QED) is 0.778. The Morgan fingerprint density at radius 2 is 2.29 bits per heavy atom. The number of halogens is 2. The molecular weight excluding hydrogens is 285 g/mol. The summed E-state index contributed by atoms with van der Waals surface area (Å²) in [6, 6.07) is 4.22. The van der Waals surface area contributed by atoms with E-state index in [9.17, 15) is 9.18 Å². The largest absolute Gasteiger partial charge is 0.338 e. The van der Waals surface area contributed by atoms with Gasteiger partial charge in [-0.05, 0) is 52.9 Å². The van der Waals surface area contributed by atoms with Crippen molar-refractivity contribution in [1.82, 2.24) is 4.90 Å². The topological polar surface area (TPSA) is 20.3 Å². The SMILES string of the molecule is CC1CCCN(C(=O)c2cc(F)ccc2Br)C1. The van der Waals surface area contributed by atoms with Crippen LogP contribution in [0.1, 0.15) is 30.1 Å². The predicted octanol–water partition coefficient (Wildman–Crippen LogP) is 3.46. The van der Waals surface area contributed by atoms with Crippen LogP contribution in [-0.2, 0) is 0 Å². The molecule has 1 unspecified atom stereocenters. The lowest BCUT2D eigenvalue weighted by Gasteiger charge is -2.31. The molecule has 1 aliphatic heterocycles. The lowest BCUT2D eigenvalue weighted by atomic mass is 9.99. The van der Waals surface area contributed by atoms with E-state index in [1.54, 1.807) is 6.07 Å². The van der Waals surface area contributed by atoms with Crippen molar-refractivity contribution in [2.45, 2.75) is 19.8 Å². The second-order valence-corrected chi connectivity index (χ2v) is 5.48. The van der Waals surface area contributed by atoms with Gasteiger partial charge in [-0.1, -0.05) is 6.92 Å². The highest BCUT2D eigenvalue weighted by atomic mass is 79.9. The minimum Gasteiger partial charge on any atom is -0.338 e. The van der Waals surface area contributed by atoms with E-state index in [4.69, 9.17) is 0 Å². The summed E-state index contributed by atoms with van der Waals surface area (Å²) < 4.78 is 13.8. The fourth-order valence-corrected chi connectivity index (χ4v) is 2.62. The van der Waals surface area contributed by atoms with E-state index >= 15 is 0 Å². The third-order valence-corrected chi connectivity index (χ3v) is 3.79. The molecule has 0 saturated carbocycles. The summed E-state index contributed by atoms with van der Waals surface area (Å²) in [4.78, 5) is 14.1. The molecule has 1 aromatic rings. The van der Waals surface area contributed by atoms with Gasteiger partial charge in [0, 0.05) is 17.6 Å². The number of nitrogens with zero attached hydrogens (tertiary/aromatic N) is 1. The van der Waals surface area contributed by atoms with Gasteiger partial charge in [-0.3, -0.25) is 4.79 Å². The van der Waals surface area contributed by atoms with Gasteiger partial charge in [0.2, 0.25) is 0 Å². The van der Waals surface area contributed by atoms with E-state index in [0.717, 1.165) is 25.9 Å². The molecule has 0 aliphatic carbocycles. The highest BCUT2D eigenvalue weighted by Gasteiger charge is 2.23. The molecule has 0 N–H and O–H groups in total. The van der Waals surface area contributed by atoms with E-state index in [1.807, 2.05) is 4.90 Å². The Hall–Kier alpha value is -0.900. The minimum absolute atomic E-state index is 0.0806. The Balaban J connectivity index is 2.21. The van der Waals surface area contributed by atoms with E-state index < -0.39 is 0 Å². The van der Waals surface area contributed by atoms with Crippen molar-refractivity contribution in [3.63, 3.8) is 0 Å². The van der Waals surface area contributed by atoms with E-state index in [0.29, 0.717) is 16.0 Å². The first-order valence-corrected chi connectivity index (χ1v) is 6.61. The molecule has 4 heteroatoms. The van der Waals surface area contributed by atoms with Crippen LogP contribution in [-0.4, -0.2) is 23.9 Å². The number of hydrogen-bond donors (Lipinski definition) is 0. The van der Waals surface area contributed by atoms with Crippen LogP contribution in [0.2, 0.25) is 0 Å². The summed E-state index contributed by atoms with van der Waals surface area (Å²) in [6.07, 6.45) is 2.19. The van der Waals surface area contributed by atoms with Crippen molar-refractivity contribution in [2.24, 2.45) is 5.92 Å². The summed E-state index contributed by atoms with van der Waals surface area (Å²) in [6.45, 7) is 3.67. The number of carbonyl (C=O) groups excluding carboxylic acids is 1. The van der Waals surface area contributed by atoms with Crippen molar-refractivity contribution in [1.29, 1.82) is 0 Å². The molecule has 1 heterocycles. The van der Waals surface area contributed by atoms with Crippen LogP contribution in [0.5, 0.6) is 0 Å². The van der Waals surface area contributed by atoms with Crippen molar-refractivity contribution < 1.29 is 9.18 Å². The van der Waals surface area contributed by atoms with Gasteiger partial charge in [-0.2, -0.15) is 0 Å². The Labute approximate surface area is 109 Å². The van der Waals surface area contributed by atoms with Crippen LogP contribution in [0, 0.1) is 11.7 Å². The molecule has 92 valence electrons. The van der Waals surface area contributed by atoms with Crippen molar-refractivity contribution in [3.05, 3.63) is 34.1 Å². The third kappa shape index (κ3) is 2.86. The molecule has 1 aliphatic rings. The highest BCUT2D eigenvalue weighted by molar-refractivity contribution is 9.10. The summed E-state index contributed by atoms with van der Waals surface area (Å²) in [5, 5.41) is 0. The molecule has 2 nitrogen and oxygen atoms in total. The number of carbonyl (C=O) groups is 1.